The number of hydrogen-bond acceptors (Lipinski definition) is 3. The summed E-state index contributed by atoms with van der Waals surface area (Å²) in [4.78, 5) is 14.2. The summed E-state index contributed by atoms with van der Waals surface area (Å²) >= 11 is 0. The van der Waals surface area contributed by atoms with Gasteiger partial charge in [0.05, 0.1) is 13.5 Å². The summed E-state index contributed by atoms with van der Waals surface area (Å²) in [6, 6.07) is 6.54. The van der Waals surface area contributed by atoms with Crippen molar-refractivity contribution in [2.45, 2.75) is 13.3 Å². The van der Waals surface area contributed by atoms with Gasteiger partial charge in [0.2, 0.25) is 0 Å². The van der Waals surface area contributed by atoms with E-state index in [1.807, 2.05) is 0 Å². The predicted octanol–water partition coefficient (Wildman–Crippen LogP) is 1.68. The Hall–Kier alpha value is -2.13. The average Bonchev–Trinajstić information content (AvgIpc) is 2.31. The molecular formula is C11H12N2O3. The van der Waals surface area contributed by atoms with Crippen LogP contribution in [-0.4, -0.2) is 23.6 Å². The van der Waals surface area contributed by atoms with Gasteiger partial charge >= 0.3 is 11.7 Å². The minimum absolute atomic E-state index is 0.0178. The van der Waals surface area contributed by atoms with E-state index in [1.165, 1.54) is 0 Å². The van der Waals surface area contributed by atoms with Gasteiger partial charge in [-0.1, -0.05) is 6.92 Å². The van der Waals surface area contributed by atoms with Crippen LogP contribution in [0.5, 0.6) is 11.5 Å². The summed E-state index contributed by atoms with van der Waals surface area (Å²) in [6.45, 7) is 1.70. The Kier molecular flexibility index (Phi) is 4.24. The molecule has 0 amide bonds. The standard InChI is InChI=1S/C11H12N2O3/c1-3-10(13-12)11(14)16-9-6-4-8(15-2)5-7-9/h4-7H,3H2,1-2H3. The van der Waals surface area contributed by atoms with Crippen molar-refractivity contribution in [1.29, 1.82) is 0 Å². The number of carbonyl (C=O) groups is 1. The van der Waals surface area contributed by atoms with Crippen molar-refractivity contribution in [3.63, 3.8) is 0 Å². The molecule has 0 radical (unpaired) electrons. The van der Waals surface area contributed by atoms with Gasteiger partial charge in [-0.15, -0.1) is 0 Å². The highest BCUT2D eigenvalue weighted by Crippen LogP contribution is 2.17. The third kappa shape index (κ3) is 2.93. The lowest BCUT2D eigenvalue weighted by molar-refractivity contribution is -0.131. The molecule has 0 bridgehead atoms. The number of hydrogen-bond donors (Lipinski definition) is 0. The molecule has 0 aliphatic rings. The fourth-order valence-corrected chi connectivity index (χ4v) is 1.07. The maximum Gasteiger partial charge on any atom is 0.422 e. The van der Waals surface area contributed by atoms with Crippen molar-refractivity contribution in [3.8, 4) is 11.5 Å². The van der Waals surface area contributed by atoms with Gasteiger partial charge in [0, 0.05) is 0 Å². The van der Waals surface area contributed by atoms with Gasteiger partial charge < -0.3 is 15.0 Å². The van der Waals surface area contributed by atoms with Crippen LogP contribution in [0.1, 0.15) is 13.3 Å². The van der Waals surface area contributed by atoms with Crippen LogP contribution in [0, 0.1) is 0 Å². The molecule has 1 rings (SSSR count). The fourth-order valence-electron chi connectivity index (χ4n) is 1.07. The Morgan fingerprint density at radius 1 is 1.31 bits per heavy atom. The van der Waals surface area contributed by atoms with Crippen LogP contribution in [0.2, 0.25) is 0 Å². The molecule has 0 saturated carbocycles. The molecule has 0 saturated heterocycles. The first-order chi connectivity index (χ1) is 7.71. The number of methoxy groups -OCH3 is 1. The smallest absolute Gasteiger partial charge is 0.422 e. The van der Waals surface area contributed by atoms with Crippen molar-refractivity contribution < 1.29 is 19.1 Å². The van der Waals surface area contributed by atoms with Crippen molar-refractivity contribution in [1.82, 2.24) is 0 Å². The second-order valence-corrected chi connectivity index (χ2v) is 2.97. The second-order valence-electron chi connectivity index (χ2n) is 2.97. The zero-order valence-electron chi connectivity index (χ0n) is 9.14. The normalized spacial score (nSPS) is 9.12. The zero-order chi connectivity index (χ0) is 12.0. The van der Waals surface area contributed by atoms with E-state index in [1.54, 1.807) is 38.3 Å². The molecule has 0 N–H and O–H groups in total. The molecule has 0 spiro atoms. The quantitative estimate of drug-likeness (QED) is 0.255. The Balaban J connectivity index is 2.73. The summed E-state index contributed by atoms with van der Waals surface area (Å²) in [5.41, 5.74) is 8.51. The van der Waals surface area contributed by atoms with Crippen LogP contribution in [0.3, 0.4) is 0 Å². The minimum Gasteiger partial charge on any atom is -0.497 e. The monoisotopic (exact) mass is 220 g/mol. The largest absolute Gasteiger partial charge is 0.497 e. The fraction of sp³-hybridized carbons (Fsp3) is 0.273. The molecule has 5 heteroatoms. The van der Waals surface area contributed by atoms with E-state index in [9.17, 15) is 4.79 Å². The number of nitrogens with zero attached hydrogens (tertiary/aromatic N) is 2. The summed E-state index contributed by atoms with van der Waals surface area (Å²) < 4.78 is 9.93. The number of rotatable bonds is 4. The Labute approximate surface area is 93.2 Å². The topological polar surface area (TPSA) is 71.9 Å². The number of esters is 1. The van der Waals surface area contributed by atoms with Gasteiger partial charge in [0.1, 0.15) is 11.5 Å². The summed E-state index contributed by atoms with van der Waals surface area (Å²) in [5, 5.41) is 0. The molecule has 1 aromatic rings. The van der Waals surface area contributed by atoms with Gasteiger partial charge in [0.15, 0.2) is 0 Å². The maximum absolute atomic E-state index is 11.4. The molecule has 0 aliphatic carbocycles. The molecule has 16 heavy (non-hydrogen) atoms. The van der Waals surface area contributed by atoms with E-state index >= 15 is 0 Å². The molecule has 84 valence electrons. The molecule has 0 atom stereocenters. The molecule has 0 unspecified atom stereocenters. The summed E-state index contributed by atoms with van der Waals surface area (Å²) in [7, 11) is 1.55. The van der Waals surface area contributed by atoms with Gasteiger partial charge in [-0.2, -0.15) is 4.79 Å². The van der Waals surface area contributed by atoms with E-state index in [0.29, 0.717) is 17.9 Å². The molecule has 0 heterocycles. The van der Waals surface area contributed by atoms with E-state index < -0.39 is 5.97 Å². The molecule has 0 aromatic heterocycles. The second kappa shape index (κ2) is 5.68. The minimum atomic E-state index is -0.657. The third-order valence-electron chi connectivity index (χ3n) is 1.96. The van der Waals surface area contributed by atoms with Gasteiger partial charge in [-0.05, 0) is 24.3 Å². The van der Waals surface area contributed by atoms with Crippen LogP contribution >= 0.6 is 0 Å². The first kappa shape index (κ1) is 11.9. The SMILES string of the molecule is CCC(=[N+]=[N-])C(=O)Oc1ccc(OC)cc1. The van der Waals surface area contributed by atoms with Gasteiger partial charge in [0.25, 0.3) is 0 Å². The van der Waals surface area contributed by atoms with Crippen LogP contribution in [0.15, 0.2) is 24.3 Å². The highest BCUT2D eigenvalue weighted by Gasteiger charge is 2.19. The average molecular weight is 220 g/mol. The van der Waals surface area contributed by atoms with Crippen LogP contribution in [0.4, 0.5) is 0 Å². The molecular weight excluding hydrogens is 208 g/mol. The van der Waals surface area contributed by atoms with Gasteiger partial charge in [-0.3, -0.25) is 0 Å². The van der Waals surface area contributed by atoms with E-state index in [2.05, 4.69) is 4.79 Å². The van der Waals surface area contributed by atoms with Crippen molar-refractivity contribution in [2.75, 3.05) is 7.11 Å². The van der Waals surface area contributed by atoms with Crippen molar-refractivity contribution in [2.24, 2.45) is 0 Å². The molecule has 0 fully saturated rings. The van der Waals surface area contributed by atoms with E-state index in [0.717, 1.165) is 0 Å². The van der Waals surface area contributed by atoms with Crippen LogP contribution in [-0.2, 0) is 4.79 Å². The summed E-state index contributed by atoms with van der Waals surface area (Å²) in [5.74, 6) is 0.391. The lowest BCUT2D eigenvalue weighted by Crippen LogP contribution is -2.20. The van der Waals surface area contributed by atoms with E-state index in [4.69, 9.17) is 15.0 Å². The lowest BCUT2D eigenvalue weighted by atomic mass is 10.3. The molecule has 5 nitrogen and oxygen atoms in total. The van der Waals surface area contributed by atoms with Crippen molar-refractivity contribution in [3.05, 3.63) is 29.8 Å². The Morgan fingerprint density at radius 2 is 1.88 bits per heavy atom. The van der Waals surface area contributed by atoms with Crippen molar-refractivity contribution >= 4 is 11.7 Å². The third-order valence-corrected chi connectivity index (χ3v) is 1.96. The summed E-state index contributed by atoms with van der Waals surface area (Å²) in [6.07, 6.45) is 0.311. The predicted molar refractivity (Wildman–Crippen MR) is 57.5 cm³/mol. The zero-order valence-corrected chi connectivity index (χ0v) is 9.14. The number of ether oxygens (including phenoxy) is 2. The maximum atomic E-state index is 11.4. The lowest BCUT2D eigenvalue weighted by Gasteiger charge is -2.02. The highest BCUT2D eigenvalue weighted by atomic mass is 16.5. The number of benzene rings is 1. The van der Waals surface area contributed by atoms with Crippen LogP contribution in [0.25, 0.3) is 5.53 Å². The first-order valence-electron chi connectivity index (χ1n) is 4.78. The Bertz CT molecular complexity index is 419. The molecule has 1 aromatic carbocycles. The first-order valence-corrected chi connectivity index (χ1v) is 4.78. The van der Waals surface area contributed by atoms with E-state index in [-0.39, 0.29) is 5.71 Å². The van der Waals surface area contributed by atoms with Crippen LogP contribution < -0.4 is 9.47 Å². The highest BCUT2D eigenvalue weighted by molar-refractivity contribution is 6.34. The number of carbonyl (C=O) groups excluding carboxylic acids is 1. The van der Waals surface area contributed by atoms with Gasteiger partial charge in [-0.25, -0.2) is 4.79 Å². The Morgan fingerprint density at radius 3 is 2.31 bits per heavy atom. The molecule has 0 aliphatic heterocycles.